The summed E-state index contributed by atoms with van der Waals surface area (Å²) in [6, 6.07) is 7.60. The fourth-order valence-electron chi connectivity index (χ4n) is 1.34. The van der Waals surface area contributed by atoms with E-state index in [-0.39, 0.29) is 0 Å². The van der Waals surface area contributed by atoms with Gasteiger partial charge in [0, 0.05) is 19.2 Å². The highest BCUT2D eigenvalue weighted by atomic mass is 16.3. The van der Waals surface area contributed by atoms with Gasteiger partial charge in [0.2, 0.25) is 0 Å². The largest absolute Gasteiger partial charge is 0.469 e. The van der Waals surface area contributed by atoms with Crippen molar-refractivity contribution in [3.8, 4) is 0 Å². The van der Waals surface area contributed by atoms with Crippen molar-refractivity contribution in [2.75, 3.05) is 17.6 Å². The standard InChI is InChI=1S/C11H13N3O/c12-11-10(4-1-6-14-11)13-7-5-9-3-2-8-15-9/h1-4,6,8,13H,5,7H2,(H2,12,14). The number of hydrogen-bond acceptors (Lipinski definition) is 4. The highest BCUT2D eigenvalue weighted by molar-refractivity contribution is 5.60. The van der Waals surface area contributed by atoms with Crippen LogP contribution in [0.25, 0.3) is 0 Å². The first-order chi connectivity index (χ1) is 7.36. The van der Waals surface area contributed by atoms with E-state index >= 15 is 0 Å². The number of nitrogen functional groups attached to an aromatic ring is 1. The Labute approximate surface area is 88.1 Å². The Morgan fingerprint density at radius 2 is 2.27 bits per heavy atom. The number of pyridine rings is 1. The van der Waals surface area contributed by atoms with E-state index in [1.54, 1.807) is 12.5 Å². The lowest BCUT2D eigenvalue weighted by Gasteiger charge is -2.06. The van der Waals surface area contributed by atoms with Gasteiger partial charge < -0.3 is 15.5 Å². The Hall–Kier alpha value is -1.97. The van der Waals surface area contributed by atoms with Crippen molar-refractivity contribution < 1.29 is 4.42 Å². The predicted octanol–water partition coefficient (Wildman–Crippen LogP) is 1.91. The fraction of sp³-hybridized carbons (Fsp3) is 0.182. The number of hydrogen-bond donors (Lipinski definition) is 2. The van der Waals surface area contributed by atoms with E-state index in [4.69, 9.17) is 10.2 Å². The molecule has 0 spiro atoms. The minimum Gasteiger partial charge on any atom is -0.469 e. The lowest BCUT2D eigenvalue weighted by molar-refractivity contribution is 0.513. The quantitative estimate of drug-likeness (QED) is 0.796. The Bertz CT molecular complexity index is 412. The molecular weight excluding hydrogens is 190 g/mol. The molecule has 4 heteroatoms. The van der Waals surface area contributed by atoms with Gasteiger partial charge in [-0.1, -0.05) is 0 Å². The van der Waals surface area contributed by atoms with Gasteiger partial charge in [-0.3, -0.25) is 0 Å². The molecule has 0 fully saturated rings. The molecule has 78 valence electrons. The molecular formula is C11H13N3O. The van der Waals surface area contributed by atoms with Crippen molar-refractivity contribution in [3.63, 3.8) is 0 Å². The van der Waals surface area contributed by atoms with E-state index in [9.17, 15) is 0 Å². The van der Waals surface area contributed by atoms with Crippen LogP contribution in [-0.4, -0.2) is 11.5 Å². The fourth-order valence-corrected chi connectivity index (χ4v) is 1.34. The van der Waals surface area contributed by atoms with E-state index in [2.05, 4.69) is 10.3 Å². The second kappa shape index (κ2) is 4.50. The monoisotopic (exact) mass is 203 g/mol. The van der Waals surface area contributed by atoms with Crippen LogP contribution in [0, 0.1) is 0 Å². The summed E-state index contributed by atoms with van der Waals surface area (Å²) in [5, 5.41) is 3.20. The molecule has 0 saturated heterocycles. The molecule has 0 unspecified atom stereocenters. The molecule has 0 atom stereocenters. The maximum Gasteiger partial charge on any atom is 0.146 e. The van der Waals surface area contributed by atoms with Gasteiger partial charge in [0.1, 0.15) is 11.6 Å². The summed E-state index contributed by atoms with van der Waals surface area (Å²) in [7, 11) is 0. The van der Waals surface area contributed by atoms with Crippen LogP contribution in [0.4, 0.5) is 11.5 Å². The lowest BCUT2D eigenvalue weighted by atomic mass is 10.3. The van der Waals surface area contributed by atoms with E-state index in [1.165, 1.54) is 0 Å². The normalized spacial score (nSPS) is 10.1. The maximum absolute atomic E-state index is 5.68. The molecule has 2 aromatic heterocycles. The van der Waals surface area contributed by atoms with Crippen LogP contribution in [0.3, 0.4) is 0 Å². The first kappa shape index (κ1) is 9.58. The van der Waals surface area contributed by atoms with Crippen molar-refractivity contribution in [1.29, 1.82) is 0 Å². The molecule has 0 radical (unpaired) electrons. The predicted molar refractivity (Wildman–Crippen MR) is 59.6 cm³/mol. The third-order valence-corrected chi connectivity index (χ3v) is 2.11. The third kappa shape index (κ3) is 2.49. The molecule has 3 N–H and O–H groups in total. The number of rotatable bonds is 4. The Morgan fingerprint density at radius 3 is 3.00 bits per heavy atom. The number of nitrogens with zero attached hydrogens (tertiary/aromatic N) is 1. The second-order valence-electron chi connectivity index (χ2n) is 3.19. The van der Waals surface area contributed by atoms with Crippen LogP contribution in [0.1, 0.15) is 5.76 Å². The molecule has 0 aliphatic carbocycles. The minimum atomic E-state index is 0.525. The molecule has 0 amide bonds. The van der Waals surface area contributed by atoms with Crippen molar-refractivity contribution >= 4 is 11.5 Å². The molecule has 0 saturated carbocycles. The van der Waals surface area contributed by atoms with Gasteiger partial charge in [0.05, 0.1) is 12.0 Å². The second-order valence-corrected chi connectivity index (χ2v) is 3.19. The molecule has 0 aliphatic heterocycles. The zero-order chi connectivity index (χ0) is 10.5. The molecule has 0 aliphatic rings. The zero-order valence-electron chi connectivity index (χ0n) is 8.31. The smallest absolute Gasteiger partial charge is 0.146 e. The van der Waals surface area contributed by atoms with Crippen molar-refractivity contribution in [2.24, 2.45) is 0 Å². The van der Waals surface area contributed by atoms with Crippen LogP contribution in [0.5, 0.6) is 0 Å². The SMILES string of the molecule is Nc1ncccc1NCCc1ccco1. The van der Waals surface area contributed by atoms with Crippen LogP contribution in [0.15, 0.2) is 41.1 Å². The van der Waals surface area contributed by atoms with E-state index in [0.29, 0.717) is 5.82 Å². The van der Waals surface area contributed by atoms with E-state index < -0.39 is 0 Å². The van der Waals surface area contributed by atoms with Gasteiger partial charge in [-0.25, -0.2) is 4.98 Å². The van der Waals surface area contributed by atoms with Crippen LogP contribution >= 0.6 is 0 Å². The summed E-state index contributed by atoms with van der Waals surface area (Å²) < 4.78 is 5.21. The molecule has 0 aromatic carbocycles. The van der Waals surface area contributed by atoms with Crippen molar-refractivity contribution in [3.05, 3.63) is 42.5 Å². The molecule has 2 aromatic rings. The van der Waals surface area contributed by atoms with Crippen molar-refractivity contribution in [2.45, 2.75) is 6.42 Å². The van der Waals surface area contributed by atoms with E-state index in [0.717, 1.165) is 24.4 Å². The average Bonchev–Trinajstić information content (AvgIpc) is 2.74. The summed E-state index contributed by atoms with van der Waals surface area (Å²) in [6.07, 6.45) is 4.18. The number of aromatic nitrogens is 1. The molecule has 4 nitrogen and oxygen atoms in total. The molecule has 2 rings (SSSR count). The summed E-state index contributed by atoms with van der Waals surface area (Å²) in [5.74, 6) is 1.49. The molecule has 15 heavy (non-hydrogen) atoms. The third-order valence-electron chi connectivity index (χ3n) is 2.11. The molecule has 0 bridgehead atoms. The summed E-state index contributed by atoms with van der Waals surface area (Å²) in [5.41, 5.74) is 6.55. The lowest BCUT2D eigenvalue weighted by Crippen LogP contribution is -2.07. The summed E-state index contributed by atoms with van der Waals surface area (Å²) in [4.78, 5) is 3.99. The first-order valence-corrected chi connectivity index (χ1v) is 4.83. The zero-order valence-corrected chi connectivity index (χ0v) is 8.31. The van der Waals surface area contributed by atoms with Gasteiger partial charge in [-0.05, 0) is 24.3 Å². The van der Waals surface area contributed by atoms with Crippen LogP contribution in [0.2, 0.25) is 0 Å². The number of anilines is 2. The first-order valence-electron chi connectivity index (χ1n) is 4.83. The Morgan fingerprint density at radius 1 is 1.33 bits per heavy atom. The van der Waals surface area contributed by atoms with E-state index in [1.807, 2.05) is 24.3 Å². The Kier molecular flexibility index (Phi) is 2.88. The van der Waals surface area contributed by atoms with Crippen molar-refractivity contribution in [1.82, 2.24) is 4.98 Å². The maximum atomic E-state index is 5.68. The highest BCUT2D eigenvalue weighted by Crippen LogP contribution is 2.13. The van der Waals surface area contributed by atoms with Crippen LogP contribution < -0.4 is 11.1 Å². The molecule has 2 heterocycles. The Balaban J connectivity index is 1.86. The number of furan rings is 1. The van der Waals surface area contributed by atoms with Gasteiger partial charge in [0.15, 0.2) is 0 Å². The summed E-state index contributed by atoms with van der Waals surface area (Å²) in [6.45, 7) is 0.781. The van der Waals surface area contributed by atoms with Gasteiger partial charge >= 0.3 is 0 Å². The average molecular weight is 203 g/mol. The number of nitrogens with one attached hydrogen (secondary N) is 1. The van der Waals surface area contributed by atoms with Crippen LogP contribution in [-0.2, 0) is 6.42 Å². The summed E-state index contributed by atoms with van der Waals surface area (Å²) >= 11 is 0. The van der Waals surface area contributed by atoms with Gasteiger partial charge in [-0.2, -0.15) is 0 Å². The van der Waals surface area contributed by atoms with Gasteiger partial charge in [-0.15, -0.1) is 0 Å². The topological polar surface area (TPSA) is 64.1 Å². The van der Waals surface area contributed by atoms with Gasteiger partial charge in [0.25, 0.3) is 0 Å². The highest BCUT2D eigenvalue weighted by Gasteiger charge is 1.98. The number of nitrogens with two attached hydrogens (primary N) is 1. The minimum absolute atomic E-state index is 0.525.